The molecule has 0 saturated heterocycles. The molecule has 244 valence electrons. The molecule has 2 aromatic rings. The Kier molecular flexibility index (Phi) is 16.1. The Labute approximate surface area is 263 Å². The zero-order valence-corrected chi connectivity index (χ0v) is 27.0. The number of carbonyl (C=O) groups is 2. The number of para-hydroxylation sites is 2. The molecule has 0 aliphatic heterocycles. The van der Waals surface area contributed by atoms with E-state index in [9.17, 15) is 9.59 Å². The fourth-order valence-corrected chi connectivity index (χ4v) is 6.63. The van der Waals surface area contributed by atoms with Crippen LogP contribution in [-0.2, 0) is 28.5 Å². The largest absolute Gasteiger partial charge is 0.490 e. The van der Waals surface area contributed by atoms with E-state index >= 15 is 0 Å². The highest BCUT2D eigenvalue weighted by molar-refractivity contribution is 5.66. The lowest BCUT2D eigenvalue weighted by molar-refractivity contribution is -0.152. The molecule has 8 heteroatoms. The lowest BCUT2D eigenvalue weighted by Gasteiger charge is -2.23. The van der Waals surface area contributed by atoms with Crippen LogP contribution in [0.1, 0.15) is 66.2 Å². The van der Waals surface area contributed by atoms with E-state index in [1.54, 1.807) is 38.5 Å². The van der Waals surface area contributed by atoms with E-state index < -0.39 is 0 Å². The monoisotopic (exact) mass is 612 g/mol. The minimum absolute atomic E-state index is 0.295. The second kappa shape index (κ2) is 20.0. The number of rotatable bonds is 14. The average Bonchev–Trinajstić information content (AvgIpc) is 3.78. The van der Waals surface area contributed by atoms with Crippen molar-refractivity contribution in [2.24, 2.45) is 23.7 Å². The zero-order valence-electron chi connectivity index (χ0n) is 27.0. The summed E-state index contributed by atoms with van der Waals surface area (Å²) in [7, 11) is 0. The molecule has 3 fully saturated rings. The average molecular weight is 613 g/mol. The molecule has 3 saturated carbocycles. The zero-order chi connectivity index (χ0) is 31.6. The molecule has 0 radical (unpaired) electrons. The first-order valence-corrected chi connectivity index (χ1v) is 16.2. The Bertz CT molecular complexity index is 979. The summed E-state index contributed by atoms with van der Waals surface area (Å²) in [6.45, 7) is 9.00. The number of esters is 2. The van der Waals surface area contributed by atoms with Crippen LogP contribution in [0.5, 0.6) is 11.5 Å². The van der Waals surface area contributed by atoms with Gasteiger partial charge in [0.2, 0.25) is 0 Å². The summed E-state index contributed by atoms with van der Waals surface area (Å²) in [5, 5.41) is 0. The maximum Gasteiger partial charge on any atom is 0.303 e. The summed E-state index contributed by atoms with van der Waals surface area (Å²) < 4.78 is 31.6. The Morgan fingerprint density at radius 2 is 1.05 bits per heavy atom. The maximum absolute atomic E-state index is 10.9. The van der Waals surface area contributed by atoms with Crippen LogP contribution in [0.2, 0.25) is 0 Å². The van der Waals surface area contributed by atoms with Gasteiger partial charge < -0.3 is 28.4 Å². The Hall–Kier alpha value is -3.10. The van der Waals surface area contributed by atoms with Gasteiger partial charge >= 0.3 is 11.9 Å². The summed E-state index contributed by atoms with van der Waals surface area (Å²) in [5.74, 6) is 5.65. The maximum atomic E-state index is 10.9. The summed E-state index contributed by atoms with van der Waals surface area (Å²) in [4.78, 5) is 21.8. The van der Waals surface area contributed by atoms with Crippen LogP contribution >= 0.6 is 0 Å². The van der Waals surface area contributed by atoms with Crippen molar-refractivity contribution in [1.82, 2.24) is 0 Å². The molecule has 6 unspecified atom stereocenters. The molecule has 44 heavy (non-hydrogen) atoms. The first-order chi connectivity index (χ1) is 21.4. The molecule has 3 aliphatic rings. The lowest BCUT2D eigenvalue weighted by Crippen LogP contribution is -2.29. The van der Waals surface area contributed by atoms with Gasteiger partial charge in [-0.2, -0.15) is 0 Å². The lowest BCUT2D eigenvalue weighted by atomic mass is 9.82. The summed E-state index contributed by atoms with van der Waals surface area (Å²) >= 11 is 0. The predicted octanol–water partition coefficient (Wildman–Crippen LogP) is 6.90. The minimum atomic E-state index is -0.368. The Morgan fingerprint density at radius 1 is 0.636 bits per heavy atom. The Morgan fingerprint density at radius 3 is 1.41 bits per heavy atom. The van der Waals surface area contributed by atoms with Crippen molar-refractivity contribution in [1.29, 1.82) is 0 Å². The van der Waals surface area contributed by atoms with Gasteiger partial charge in [0.05, 0.1) is 13.2 Å². The SMILES string of the molecule is C1CC2C3CCC(C3)C2C1.CCOCC(COc1ccccc1)OC(C)=O.CCOCC(COc1ccccc1)OC(C)=O. The van der Waals surface area contributed by atoms with Crippen LogP contribution in [0.25, 0.3) is 0 Å². The highest BCUT2D eigenvalue weighted by Gasteiger charge is 2.48. The van der Waals surface area contributed by atoms with Gasteiger partial charge in [-0.1, -0.05) is 42.8 Å². The molecular formula is C36H52O8. The van der Waals surface area contributed by atoms with Gasteiger partial charge in [-0.25, -0.2) is 0 Å². The van der Waals surface area contributed by atoms with Crippen LogP contribution in [0.3, 0.4) is 0 Å². The number of carbonyl (C=O) groups excluding carboxylic acids is 2. The highest BCUT2D eigenvalue weighted by Crippen LogP contribution is 2.58. The van der Waals surface area contributed by atoms with Crippen molar-refractivity contribution in [3.63, 3.8) is 0 Å². The summed E-state index contributed by atoms with van der Waals surface area (Å²) in [6, 6.07) is 18.8. The van der Waals surface area contributed by atoms with Crippen molar-refractivity contribution in [3.8, 4) is 11.5 Å². The number of fused-ring (bicyclic) bond motifs is 5. The molecule has 0 aromatic heterocycles. The van der Waals surface area contributed by atoms with Crippen molar-refractivity contribution in [2.45, 2.75) is 78.4 Å². The van der Waals surface area contributed by atoms with Gasteiger partial charge in [-0.3, -0.25) is 9.59 Å². The summed E-state index contributed by atoms with van der Waals surface area (Å²) in [5.41, 5.74) is 0. The van der Waals surface area contributed by atoms with Crippen LogP contribution in [-0.4, -0.2) is 63.8 Å². The molecule has 0 spiro atoms. The number of hydrogen-bond donors (Lipinski definition) is 0. The van der Waals surface area contributed by atoms with Crippen molar-refractivity contribution >= 4 is 11.9 Å². The van der Waals surface area contributed by atoms with Gasteiger partial charge in [0.25, 0.3) is 0 Å². The standard InChI is InChI=1S/2C13H18O4.C10H16/c2*1-3-15-9-13(17-11(2)14)10-16-12-7-5-4-6-8-12;1-2-9-7-4-5-8(6-7)10(9)3-1/h2*4-8,13H,3,9-10H2,1-2H3;7-10H,1-6H2. The smallest absolute Gasteiger partial charge is 0.303 e. The van der Waals surface area contributed by atoms with E-state index in [0.29, 0.717) is 39.6 Å². The third kappa shape index (κ3) is 12.9. The third-order valence-electron chi connectivity index (χ3n) is 8.39. The van der Waals surface area contributed by atoms with E-state index in [1.807, 2.05) is 74.5 Å². The van der Waals surface area contributed by atoms with Gasteiger partial charge in [0, 0.05) is 27.1 Å². The summed E-state index contributed by atoms with van der Waals surface area (Å²) in [6.07, 6.45) is 8.80. The molecule has 2 bridgehead atoms. The number of benzene rings is 2. The molecule has 2 aromatic carbocycles. The number of hydrogen-bond acceptors (Lipinski definition) is 8. The van der Waals surface area contributed by atoms with E-state index in [1.165, 1.54) is 37.5 Å². The molecule has 6 atom stereocenters. The molecule has 5 rings (SSSR count). The first kappa shape index (κ1) is 35.4. The van der Waals surface area contributed by atoms with E-state index in [-0.39, 0.29) is 24.1 Å². The molecule has 0 N–H and O–H groups in total. The molecule has 0 heterocycles. The quantitative estimate of drug-likeness (QED) is 0.213. The topological polar surface area (TPSA) is 89.5 Å². The third-order valence-corrected chi connectivity index (χ3v) is 8.39. The van der Waals surface area contributed by atoms with E-state index in [2.05, 4.69) is 0 Å². The second-order valence-corrected chi connectivity index (χ2v) is 11.6. The molecule has 8 nitrogen and oxygen atoms in total. The van der Waals surface area contributed by atoms with Crippen LogP contribution in [0.4, 0.5) is 0 Å². The molecule has 0 amide bonds. The van der Waals surface area contributed by atoms with Crippen LogP contribution in [0.15, 0.2) is 60.7 Å². The fraction of sp³-hybridized carbons (Fsp3) is 0.611. The van der Waals surface area contributed by atoms with Crippen LogP contribution in [0, 0.1) is 23.7 Å². The van der Waals surface area contributed by atoms with Gasteiger partial charge in [0.15, 0.2) is 12.2 Å². The predicted molar refractivity (Wildman–Crippen MR) is 170 cm³/mol. The molecular weight excluding hydrogens is 560 g/mol. The van der Waals surface area contributed by atoms with Gasteiger partial charge in [-0.15, -0.1) is 0 Å². The van der Waals surface area contributed by atoms with E-state index in [0.717, 1.165) is 11.5 Å². The minimum Gasteiger partial charge on any atom is -0.490 e. The number of ether oxygens (including phenoxy) is 6. The van der Waals surface area contributed by atoms with Gasteiger partial charge in [-0.05, 0) is 93.9 Å². The Balaban J connectivity index is 0.000000185. The van der Waals surface area contributed by atoms with Crippen molar-refractivity contribution < 1.29 is 38.0 Å². The van der Waals surface area contributed by atoms with Crippen molar-refractivity contribution in [2.75, 3.05) is 39.6 Å². The molecule has 3 aliphatic carbocycles. The first-order valence-electron chi connectivity index (χ1n) is 16.2. The van der Waals surface area contributed by atoms with Crippen LogP contribution < -0.4 is 9.47 Å². The van der Waals surface area contributed by atoms with Gasteiger partial charge in [0.1, 0.15) is 24.7 Å². The fourth-order valence-electron chi connectivity index (χ4n) is 6.63. The van der Waals surface area contributed by atoms with Crippen molar-refractivity contribution in [3.05, 3.63) is 60.7 Å². The second-order valence-electron chi connectivity index (χ2n) is 11.6. The highest BCUT2D eigenvalue weighted by atomic mass is 16.6. The normalized spacial score (nSPS) is 22.3. The van der Waals surface area contributed by atoms with E-state index in [4.69, 9.17) is 28.4 Å².